The molecule has 0 aliphatic heterocycles. The van der Waals surface area contributed by atoms with Crippen LogP contribution in [0.4, 0.5) is 0 Å². The molecule has 0 saturated heterocycles. The van der Waals surface area contributed by atoms with Crippen LogP contribution in [0, 0.1) is 0 Å². The Morgan fingerprint density at radius 2 is 0.667 bits per heavy atom. The van der Waals surface area contributed by atoms with E-state index in [0.29, 0.717) is 0 Å². The van der Waals surface area contributed by atoms with Crippen LogP contribution in [0.2, 0.25) is 0 Å². The first kappa shape index (κ1) is 127. The van der Waals surface area contributed by atoms with Gasteiger partial charge in [0, 0.05) is 17.1 Å². The summed E-state index contributed by atoms with van der Waals surface area (Å²) in [5, 5.41) is 0. The molecule has 0 bridgehead atoms. The van der Waals surface area contributed by atoms with E-state index in [1.54, 1.807) is 0 Å². The van der Waals surface area contributed by atoms with Gasteiger partial charge in [0.2, 0.25) is 0 Å². The number of hydrogen-bond donors (Lipinski definition) is 0. The van der Waals surface area contributed by atoms with E-state index in [-0.39, 0.29) is 76.7 Å². The molecule has 0 atom stereocenters. The van der Waals surface area contributed by atoms with Gasteiger partial charge in [-0.15, -0.1) is 0 Å². The summed E-state index contributed by atoms with van der Waals surface area (Å²) in [7, 11) is 0. The third-order valence-corrected chi connectivity index (χ3v) is 0. The summed E-state index contributed by atoms with van der Waals surface area (Å²) in [4.78, 5) is 0. The molecular weight excluding hydrogens is 159 g/mol. The molecule has 4 nitrogen and oxygen atoms in total. The van der Waals surface area contributed by atoms with Gasteiger partial charge >= 0.3 is 37.7 Å². The Labute approximate surface area is 76.0 Å². The summed E-state index contributed by atoms with van der Waals surface area (Å²) in [5.74, 6) is 0. The smallest absolute Gasteiger partial charge is 0.870 e. The van der Waals surface area contributed by atoms with Crippen molar-refractivity contribution in [2.75, 3.05) is 0 Å². The van der Waals surface area contributed by atoms with E-state index in [4.69, 9.17) is 0 Å². The van der Waals surface area contributed by atoms with Crippen LogP contribution >= 0.6 is 0 Å². The van der Waals surface area contributed by atoms with Crippen LogP contribution in [0.1, 0.15) is 0 Å². The van der Waals surface area contributed by atoms with E-state index in [0.717, 1.165) is 0 Å². The second kappa shape index (κ2) is 79.7. The molecule has 0 aliphatic rings. The second-order valence-electron chi connectivity index (χ2n) is 0. The van der Waals surface area contributed by atoms with Gasteiger partial charge in [0.25, 0.3) is 0 Å². The predicted octanol–water partition coefficient (Wildman–Crippen LogP) is -2.39. The summed E-state index contributed by atoms with van der Waals surface area (Å²) in [6.07, 6.45) is 0. The summed E-state index contributed by atoms with van der Waals surface area (Å²) in [6.45, 7) is 0. The van der Waals surface area contributed by atoms with Crippen molar-refractivity contribution in [1.29, 1.82) is 0 Å². The van der Waals surface area contributed by atoms with Gasteiger partial charge in [-0.25, -0.2) is 0 Å². The van der Waals surface area contributed by atoms with Crippen LogP contribution in [0.5, 0.6) is 0 Å². The van der Waals surface area contributed by atoms with Crippen LogP contribution in [0.15, 0.2) is 0 Å². The van der Waals surface area contributed by atoms with Crippen LogP contribution in [0.25, 0.3) is 0 Å². The third-order valence-electron chi connectivity index (χ3n) is 0. The van der Waals surface area contributed by atoms with Crippen molar-refractivity contribution in [2.45, 2.75) is 0 Å². The first-order chi connectivity index (χ1) is 0. The van der Waals surface area contributed by atoms with Gasteiger partial charge in [-0.05, 0) is 0 Å². The van der Waals surface area contributed by atoms with Gasteiger partial charge < -0.3 is 21.9 Å². The summed E-state index contributed by atoms with van der Waals surface area (Å²) in [5.41, 5.74) is 0. The van der Waals surface area contributed by atoms with Crippen molar-refractivity contribution in [3.63, 3.8) is 0 Å². The first-order valence-electron chi connectivity index (χ1n) is 0. The zero-order valence-corrected chi connectivity index (χ0v) is 6.37. The molecule has 6 heteroatoms. The monoisotopic (exact) mass is 165 g/mol. The van der Waals surface area contributed by atoms with Crippen molar-refractivity contribution in [3.8, 4) is 0 Å². The Balaban J connectivity index is 0. The molecule has 6 heavy (non-hydrogen) atoms. The zero-order chi connectivity index (χ0) is 0. The van der Waals surface area contributed by atoms with Crippen molar-refractivity contribution >= 4 is 37.7 Å². The fourth-order valence-electron chi connectivity index (χ4n) is 0. The van der Waals surface area contributed by atoms with Crippen LogP contribution in [-0.4, -0.2) is 59.6 Å². The molecule has 0 heterocycles. The van der Waals surface area contributed by atoms with Gasteiger partial charge in [-0.1, -0.05) is 0 Å². The molecule has 0 aromatic heterocycles. The van der Waals surface area contributed by atoms with Crippen LogP contribution in [0.3, 0.4) is 0 Å². The van der Waals surface area contributed by atoms with E-state index < -0.39 is 0 Å². The molecular formula is H6CaMnO4. The van der Waals surface area contributed by atoms with E-state index in [1.807, 2.05) is 0 Å². The Morgan fingerprint density at radius 3 is 0.667 bits per heavy atom. The van der Waals surface area contributed by atoms with E-state index in [9.17, 15) is 0 Å². The molecule has 0 unspecified atom stereocenters. The van der Waals surface area contributed by atoms with Crippen molar-refractivity contribution in [1.82, 2.24) is 0 Å². The SMILES string of the molecule is O.O.[Ca+2].[Mn].[OH-].[OH-]. The maximum Gasteiger partial charge on any atom is 2.00 e. The second-order valence-corrected chi connectivity index (χ2v) is 0. The van der Waals surface area contributed by atoms with Crippen molar-refractivity contribution in [3.05, 3.63) is 0 Å². The topological polar surface area (TPSA) is 123 Å². The van der Waals surface area contributed by atoms with Crippen molar-refractivity contribution < 1.29 is 39.0 Å². The molecule has 0 amide bonds. The summed E-state index contributed by atoms with van der Waals surface area (Å²) in [6, 6.07) is 0. The molecule has 0 aliphatic carbocycles. The Kier molecular flexibility index (Phi) is 1690. The number of rotatable bonds is 0. The minimum Gasteiger partial charge on any atom is -0.870 e. The Bertz CT molecular complexity index is 7.51. The minimum absolute atomic E-state index is 0. The molecule has 6 N–H and O–H groups in total. The van der Waals surface area contributed by atoms with Crippen LogP contribution in [-0.2, 0) is 17.1 Å². The molecule has 0 aromatic rings. The normalized spacial score (nSPS) is 0. The largest absolute Gasteiger partial charge is 2.00 e. The van der Waals surface area contributed by atoms with Gasteiger partial charge in [0.15, 0.2) is 0 Å². The summed E-state index contributed by atoms with van der Waals surface area (Å²) < 4.78 is 0. The van der Waals surface area contributed by atoms with Gasteiger partial charge in [0.1, 0.15) is 0 Å². The molecule has 0 spiro atoms. The fourth-order valence-corrected chi connectivity index (χ4v) is 0. The molecule has 0 rings (SSSR count). The molecule has 0 fully saturated rings. The van der Waals surface area contributed by atoms with E-state index in [1.165, 1.54) is 0 Å². The maximum atomic E-state index is 0. The maximum absolute atomic E-state index is 0. The quantitative estimate of drug-likeness (QED) is 0.371. The van der Waals surface area contributed by atoms with Gasteiger partial charge in [0.05, 0.1) is 0 Å². The van der Waals surface area contributed by atoms with Gasteiger partial charge in [-0.3, -0.25) is 0 Å². The number of hydrogen-bond acceptors (Lipinski definition) is 2. The van der Waals surface area contributed by atoms with E-state index in [2.05, 4.69) is 0 Å². The average molecular weight is 165 g/mol. The molecule has 39 valence electrons. The fraction of sp³-hybridized carbons (Fsp3) is 0. The van der Waals surface area contributed by atoms with Crippen molar-refractivity contribution in [2.24, 2.45) is 0 Å². The minimum atomic E-state index is 0. The third kappa shape index (κ3) is 45.7. The summed E-state index contributed by atoms with van der Waals surface area (Å²) >= 11 is 0. The van der Waals surface area contributed by atoms with Gasteiger partial charge in [-0.2, -0.15) is 0 Å². The Morgan fingerprint density at radius 1 is 0.667 bits per heavy atom. The predicted molar refractivity (Wildman–Crippen MR) is 16.9 cm³/mol. The standard InChI is InChI=1S/Ca.Mn.4H2O/h;;4*1H2/q+2;;;;;/p-2. The average Bonchev–Trinajstić information content (AvgIpc) is 0. The molecule has 1 radical (unpaired) electrons. The first-order valence-corrected chi connectivity index (χ1v) is 0. The molecule has 0 saturated carbocycles. The molecule has 0 aromatic carbocycles. The van der Waals surface area contributed by atoms with Crippen LogP contribution < -0.4 is 0 Å². The zero-order valence-electron chi connectivity index (χ0n) is 2.98. The Hall–Kier alpha value is 1.62. The van der Waals surface area contributed by atoms with E-state index >= 15 is 0 Å².